The van der Waals surface area contributed by atoms with E-state index in [0.29, 0.717) is 12.6 Å². The Kier molecular flexibility index (Phi) is 4.89. The molecule has 0 radical (unpaired) electrons. The zero-order valence-corrected chi connectivity index (χ0v) is 15.2. The van der Waals surface area contributed by atoms with Gasteiger partial charge < -0.3 is 14.8 Å². The average molecular weight is 352 g/mol. The molecule has 1 unspecified atom stereocenters. The molecule has 4 nitrogen and oxygen atoms in total. The Morgan fingerprint density at radius 2 is 1.88 bits per heavy atom. The van der Waals surface area contributed by atoms with Gasteiger partial charge >= 0.3 is 0 Å². The molecule has 1 aliphatic rings. The van der Waals surface area contributed by atoms with Gasteiger partial charge in [-0.15, -0.1) is 0 Å². The van der Waals surface area contributed by atoms with Gasteiger partial charge in [0.2, 0.25) is 5.95 Å². The van der Waals surface area contributed by atoms with Crippen LogP contribution in [0.5, 0.6) is 0 Å². The van der Waals surface area contributed by atoms with Crippen molar-refractivity contribution in [2.75, 3.05) is 25.5 Å². The fourth-order valence-electron chi connectivity index (χ4n) is 3.69. The molecule has 1 saturated heterocycles. The maximum Gasteiger partial charge on any atom is 0.204 e. The highest BCUT2D eigenvalue weighted by Gasteiger charge is 2.18. The summed E-state index contributed by atoms with van der Waals surface area (Å²) in [6, 6.07) is 15.3. The van der Waals surface area contributed by atoms with Crippen LogP contribution in [0, 0.1) is 5.82 Å². The van der Waals surface area contributed by atoms with Gasteiger partial charge in [0.05, 0.1) is 17.6 Å². The van der Waals surface area contributed by atoms with E-state index in [1.54, 1.807) is 0 Å². The molecule has 1 N–H and O–H groups in total. The van der Waals surface area contributed by atoms with E-state index in [-0.39, 0.29) is 5.82 Å². The Balaban J connectivity index is 1.64. The highest BCUT2D eigenvalue weighted by Crippen LogP contribution is 2.23. The molecule has 1 aromatic heterocycles. The minimum absolute atomic E-state index is 0.204. The highest BCUT2D eigenvalue weighted by atomic mass is 19.1. The van der Waals surface area contributed by atoms with Crippen molar-refractivity contribution in [2.45, 2.75) is 31.8 Å². The monoisotopic (exact) mass is 352 g/mol. The standard InChI is InChI=1S/C21H25FN4/c1-25-13-4-5-18(12-14-25)23-21-24-19-6-2-3-7-20(19)26(21)15-16-8-10-17(22)11-9-16/h2-3,6-11,18H,4-5,12-15H2,1H3,(H,23,24). The molecule has 1 fully saturated rings. The third-order valence-corrected chi connectivity index (χ3v) is 5.19. The maximum atomic E-state index is 13.2. The maximum absolute atomic E-state index is 13.2. The van der Waals surface area contributed by atoms with Crippen LogP contribution in [-0.4, -0.2) is 40.6 Å². The molecule has 0 aliphatic carbocycles. The molecule has 1 aliphatic heterocycles. The van der Waals surface area contributed by atoms with E-state index in [1.807, 2.05) is 30.3 Å². The van der Waals surface area contributed by atoms with Crippen LogP contribution in [0.4, 0.5) is 10.3 Å². The summed E-state index contributed by atoms with van der Waals surface area (Å²) in [5, 5.41) is 3.68. The van der Waals surface area contributed by atoms with Gasteiger partial charge in [-0.1, -0.05) is 24.3 Å². The fourth-order valence-corrected chi connectivity index (χ4v) is 3.69. The quantitative estimate of drug-likeness (QED) is 0.767. The molecule has 0 amide bonds. The van der Waals surface area contributed by atoms with Crippen molar-refractivity contribution in [1.29, 1.82) is 0 Å². The first-order valence-corrected chi connectivity index (χ1v) is 9.34. The van der Waals surface area contributed by atoms with E-state index in [0.717, 1.165) is 48.5 Å². The lowest BCUT2D eigenvalue weighted by atomic mass is 10.1. The molecule has 1 atom stereocenters. The van der Waals surface area contributed by atoms with Crippen LogP contribution in [0.25, 0.3) is 11.0 Å². The molecule has 3 aromatic rings. The Bertz CT molecular complexity index is 871. The number of benzene rings is 2. The van der Waals surface area contributed by atoms with Crippen molar-refractivity contribution >= 4 is 17.0 Å². The lowest BCUT2D eigenvalue weighted by Crippen LogP contribution is -2.24. The summed E-state index contributed by atoms with van der Waals surface area (Å²) in [6.07, 6.45) is 3.48. The number of hydrogen-bond acceptors (Lipinski definition) is 3. The molecule has 5 heteroatoms. The molecular formula is C21H25FN4. The second kappa shape index (κ2) is 7.46. The summed E-state index contributed by atoms with van der Waals surface area (Å²) in [7, 11) is 2.19. The number of para-hydroxylation sites is 2. The van der Waals surface area contributed by atoms with Crippen molar-refractivity contribution in [1.82, 2.24) is 14.5 Å². The molecular weight excluding hydrogens is 327 g/mol. The molecule has 136 valence electrons. The molecule has 0 saturated carbocycles. The number of nitrogens with one attached hydrogen (secondary N) is 1. The smallest absolute Gasteiger partial charge is 0.204 e. The van der Waals surface area contributed by atoms with Gasteiger partial charge in [-0.25, -0.2) is 9.37 Å². The predicted octanol–water partition coefficient (Wildman–Crippen LogP) is 4.12. The number of nitrogens with zero attached hydrogens (tertiary/aromatic N) is 3. The molecule has 2 aromatic carbocycles. The van der Waals surface area contributed by atoms with Gasteiger partial charge in [0.25, 0.3) is 0 Å². The Morgan fingerprint density at radius 3 is 2.73 bits per heavy atom. The SMILES string of the molecule is CN1CCCC(Nc2nc3ccccc3n2Cc2ccc(F)cc2)CC1. The molecule has 26 heavy (non-hydrogen) atoms. The number of halogens is 1. The Labute approximate surface area is 153 Å². The van der Waals surface area contributed by atoms with Crippen LogP contribution in [0.15, 0.2) is 48.5 Å². The van der Waals surface area contributed by atoms with Crippen LogP contribution in [0.3, 0.4) is 0 Å². The summed E-state index contributed by atoms with van der Waals surface area (Å²) in [5.41, 5.74) is 3.16. The van der Waals surface area contributed by atoms with Gasteiger partial charge in [0.1, 0.15) is 5.82 Å². The number of imidazole rings is 1. The third kappa shape index (κ3) is 3.73. The van der Waals surface area contributed by atoms with Gasteiger partial charge in [0.15, 0.2) is 0 Å². The zero-order chi connectivity index (χ0) is 17.9. The van der Waals surface area contributed by atoms with Crippen LogP contribution in [0.2, 0.25) is 0 Å². The summed E-state index contributed by atoms with van der Waals surface area (Å²) in [5.74, 6) is 0.704. The zero-order valence-electron chi connectivity index (χ0n) is 15.2. The van der Waals surface area contributed by atoms with E-state index < -0.39 is 0 Å². The first kappa shape index (κ1) is 17.0. The van der Waals surface area contributed by atoms with Crippen LogP contribution in [-0.2, 0) is 6.54 Å². The Hall–Kier alpha value is -2.40. The molecule has 0 spiro atoms. The first-order chi connectivity index (χ1) is 12.7. The summed E-state index contributed by atoms with van der Waals surface area (Å²) in [6.45, 7) is 2.94. The lowest BCUT2D eigenvalue weighted by Gasteiger charge is -2.19. The van der Waals surface area contributed by atoms with Gasteiger partial charge in [-0.2, -0.15) is 0 Å². The van der Waals surface area contributed by atoms with Crippen LogP contribution < -0.4 is 5.32 Å². The third-order valence-electron chi connectivity index (χ3n) is 5.19. The van der Waals surface area contributed by atoms with Crippen molar-refractivity contribution in [3.05, 3.63) is 59.9 Å². The van der Waals surface area contributed by atoms with Gasteiger partial charge in [-0.3, -0.25) is 0 Å². The molecule has 0 bridgehead atoms. The van der Waals surface area contributed by atoms with Crippen molar-refractivity contribution in [2.24, 2.45) is 0 Å². The normalized spacial score (nSPS) is 18.8. The van der Waals surface area contributed by atoms with Crippen molar-refractivity contribution < 1.29 is 4.39 Å². The number of fused-ring (bicyclic) bond motifs is 1. The Morgan fingerprint density at radius 1 is 1.08 bits per heavy atom. The number of aromatic nitrogens is 2. The number of rotatable bonds is 4. The minimum Gasteiger partial charge on any atom is -0.353 e. The second-order valence-electron chi connectivity index (χ2n) is 7.21. The average Bonchev–Trinajstić information content (AvgIpc) is 2.84. The van der Waals surface area contributed by atoms with Crippen molar-refractivity contribution in [3.8, 4) is 0 Å². The highest BCUT2D eigenvalue weighted by molar-refractivity contribution is 5.78. The van der Waals surface area contributed by atoms with Gasteiger partial charge in [0, 0.05) is 6.04 Å². The van der Waals surface area contributed by atoms with E-state index in [1.165, 1.54) is 18.6 Å². The second-order valence-corrected chi connectivity index (χ2v) is 7.21. The van der Waals surface area contributed by atoms with Gasteiger partial charge in [-0.05, 0) is 69.2 Å². The number of anilines is 1. The predicted molar refractivity (Wildman–Crippen MR) is 104 cm³/mol. The van der Waals surface area contributed by atoms with Crippen LogP contribution >= 0.6 is 0 Å². The van der Waals surface area contributed by atoms with E-state index in [4.69, 9.17) is 4.98 Å². The first-order valence-electron chi connectivity index (χ1n) is 9.34. The number of likely N-dealkylation sites (tertiary alicyclic amines) is 1. The summed E-state index contributed by atoms with van der Waals surface area (Å²) < 4.78 is 15.4. The van der Waals surface area contributed by atoms with E-state index in [2.05, 4.69) is 27.9 Å². The minimum atomic E-state index is -0.204. The topological polar surface area (TPSA) is 33.1 Å². The van der Waals surface area contributed by atoms with Crippen molar-refractivity contribution in [3.63, 3.8) is 0 Å². The molecule has 4 rings (SSSR count). The largest absolute Gasteiger partial charge is 0.353 e. The van der Waals surface area contributed by atoms with E-state index in [9.17, 15) is 4.39 Å². The molecule has 2 heterocycles. The number of hydrogen-bond donors (Lipinski definition) is 1. The summed E-state index contributed by atoms with van der Waals surface area (Å²) >= 11 is 0. The van der Waals surface area contributed by atoms with Crippen LogP contribution in [0.1, 0.15) is 24.8 Å². The lowest BCUT2D eigenvalue weighted by molar-refractivity contribution is 0.348. The van der Waals surface area contributed by atoms with E-state index >= 15 is 0 Å². The fraction of sp³-hybridized carbons (Fsp3) is 0.381. The summed E-state index contributed by atoms with van der Waals surface area (Å²) in [4.78, 5) is 7.23.